The van der Waals surface area contributed by atoms with E-state index in [1.807, 2.05) is 0 Å². The van der Waals surface area contributed by atoms with Crippen molar-refractivity contribution in [2.75, 3.05) is 6.54 Å². The van der Waals surface area contributed by atoms with Crippen molar-refractivity contribution in [2.45, 2.75) is 12.6 Å². The van der Waals surface area contributed by atoms with Crippen LogP contribution in [0, 0.1) is 11.6 Å². The van der Waals surface area contributed by atoms with Crippen LogP contribution < -0.4 is 5.32 Å². The van der Waals surface area contributed by atoms with Crippen molar-refractivity contribution < 1.29 is 13.9 Å². The van der Waals surface area contributed by atoms with Crippen molar-refractivity contribution in [2.24, 2.45) is 0 Å². The molecule has 0 amide bonds. The Labute approximate surface area is 103 Å². The SMILES string of the molecule is OC(CNCc1cc(F)cc(F)c1)c1ccn[nH]1. The number of nitrogens with zero attached hydrogens (tertiary/aromatic N) is 1. The van der Waals surface area contributed by atoms with Crippen LogP contribution in [-0.4, -0.2) is 21.8 Å². The van der Waals surface area contributed by atoms with Gasteiger partial charge in [-0.1, -0.05) is 0 Å². The number of nitrogens with one attached hydrogen (secondary N) is 2. The first kappa shape index (κ1) is 12.7. The summed E-state index contributed by atoms with van der Waals surface area (Å²) in [5.41, 5.74) is 1.08. The predicted octanol–water partition coefficient (Wildman–Crippen LogP) is 1.51. The van der Waals surface area contributed by atoms with Crippen LogP contribution in [-0.2, 0) is 6.54 Å². The van der Waals surface area contributed by atoms with Gasteiger partial charge in [-0.05, 0) is 23.8 Å². The summed E-state index contributed by atoms with van der Waals surface area (Å²) in [4.78, 5) is 0. The van der Waals surface area contributed by atoms with Crippen LogP contribution >= 0.6 is 0 Å². The average Bonchev–Trinajstić information content (AvgIpc) is 2.80. The molecule has 1 unspecified atom stereocenters. The van der Waals surface area contributed by atoms with Crippen LogP contribution in [0.4, 0.5) is 8.78 Å². The fraction of sp³-hybridized carbons (Fsp3) is 0.250. The lowest BCUT2D eigenvalue weighted by Crippen LogP contribution is -2.21. The minimum Gasteiger partial charge on any atom is -0.385 e. The van der Waals surface area contributed by atoms with E-state index in [4.69, 9.17) is 0 Å². The third-order valence-corrected chi connectivity index (χ3v) is 2.47. The van der Waals surface area contributed by atoms with Gasteiger partial charge in [0.15, 0.2) is 0 Å². The molecule has 1 heterocycles. The molecule has 0 bridgehead atoms. The second-order valence-electron chi connectivity index (χ2n) is 3.94. The Morgan fingerprint density at radius 1 is 1.28 bits per heavy atom. The number of benzene rings is 1. The Morgan fingerprint density at radius 3 is 2.61 bits per heavy atom. The zero-order chi connectivity index (χ0) is 13.0. The van der Waals surface area contributed by atoms with E-state index in [1.54, 1.807) is 12.3 Å². The lowest BCUT2D eigenvalue weighted by Gasteiger charge is -2.10. The number of H-pyrrole nitrogens is 1. The highest BCUT2D eigenvalue weighted by molar-refractivity contribution is 5.17. The fourth-order valence-electron chi connectivity index (χ4n) is 1.63. The van der Waals surface area contributed by atoms with E-state index >= 15 is 0 Å². The summed E-state index contributed by atoms with van der Waals surface area (Å²) < 4.78 is 25.8. The van der Waals surface area contributed by atoms with Crippen molar-refractivity contribution >= 4 is 0 Å². The van der Waals surface area contributed by atoms with Crippen molar-refractivity contribution in [1.29, 1.82) is 0 Å². The Morgan fingerprint density at radius 2 is 2.00 bits per heavy atom. The number of aromatic amines is 1. The smallest absolute Gasteiger partial charge is 0.126 e. The van der Waals surface area contributed by atoms with Gasteiger partial charge < -0.3 is 10.4 Å². The highest BCUT2D eigenvalue weighted by Crippen LogP contribution is 2.09. The Bertz CT molecular complexity index is 482. The van der Waals surface area contributed by atoms with Gasteiger partial charge in [0, 0.05) is 25.4 Å². The molecule has 0 aliphatic carbocycles. The zero-order valence-corrected chi connectivity index (χ0v) is 9.53. The highest BCUT2D eigenvalue weighted by Gasteiger charge is 2.08. The number of aliphatic hydroxyl groups excluding tert-OH is 1. The van der Waals surface area contributed by atoms with E-state index in [2.05, 4.69) is 15.5 Å². The van der Waals surface area contributed by atoms with Gasteiger partial charge in [-0.15, -0.1) is 0 Å². The molecule has 0 aliphatic heterocycles. The Hall–Kier alpha value is -1.79. The number of aliphatic hydroxyl groups is 1. The number of halogens is 2. The summed E-state index contributed by atoms with van der Waals surface area (Å²) in [6.07, 6.45) is 0.812. The van der Waals surface area contributed by atoms with Crippen LogP contribution in [0.2, 0.25) is 0 Å². The molecule has 0 saturated carbocycles. The third-order valence-electron chi connectivity index (χ3n) is 2.47. The van der Waals surface area contributed by atoms with E-state index in [9.17, 15) is 13.9 Å². The Kier molecular flexibility index (Phi) is 4.01. The minimum atomic E-state index is -0.731. The van der Waals surface area contributed by atoms with Gasteiger partial charge in [0.1, 0.15) is 17.7 Å². The first-order chi connectivity index (χ1) is 8.65. The van der Waals surface area contributed by atoms with Gasteiger partial charge in [0.25, 0.3) is 0 Å². The van der Waals surface area contributed by atoms with Crippen molar-refractivity contribution in [1.82, 2.24) is 15.5 Å². The normalized spacial score (nSPS) is 12.6. The molecule has 1 atom stereocenters. The third kappa shape index (κ3) is 3.35. The first-order valence-electron chi connectivity index (χ1n) is 5.48. The molecule has 1 aromatic heterocycles. The van der Waals surface area contributed by atoms with Gasteiger partial charge in [-0.3, -0.25) is 5.10 Å². The molecule has 0 aliphatic rings. The summed E-state index contributed by atoms with van der Waals surface area (Å²) in [6.45, 7) is 0.542. The minimum absolute atomic E-state index is 0.264. The van der Waals surface area contributed by atoms with Crippen molar-refractivity contribution in [3.05, 3.63) is 53.4 Å². The zero-order valence-electron chi connectivity index (χ0n) is 9.53. The molecule has 1 aromatic carbocycles. The van der Waals surface area contributed by atoms with E-state index < -0.39 is 17.7 Å². The molecule has 2 rings (SSSR count). The molecule has 3 N–H and O–H groups in total. The molecular formula is C12H13F2N3O. The fourth-order valence-corrected chi connectivity index (χ4v) is 1.63. The number of rotatable bonds is 5. The van der Waals surface area contributed by atoms with E-state index in [0.29, 0.717) is 11.3 Å². The largest absolute Gasteiger partial charge is 0.385 e. The summed E-state index contributed by atoms with van der Waals surface area (Å²) in [5, 5.41) is 19.0. The lowest BCUT2D eigenvalue weighted by atomic mass is 10.2. The lowest BCUT2D eigenvalue weighted by molar-refractivity contribution is 0.169. The average molecular weight is 253 g/mol. The molecule has 0 radical (unpaired) electrons. The van der Waals surface area contributed by atoms with Crippen LogP contribution in [0.15, 0.2) is 30.5 Å². The second kappa shape index (κ2) is 5.70. The summed E-state index contributed by atoms with van der Waals surface area (Å²) >= 11 is 0. The highest BCUT2D eigenvalue weighted by atomic mass is 19.1. The monoisotopic (exact) mass is 253 g/mol. The molecule has 6 heteroatoms. The van der Waals surface area contributed by atoms with Crippen LogP contribution in [0.25, 0.3) is 0 Å². The van der Waals surface area contributed by atoms with Gasteiger partial charge in [0.05, 0.1) is 5.69 Å². The van der Waals surface area contributed by atoms with Crippen LogP contribution in [0.3, 0.4) is 0 Å². The van der Waals surface area contributed by atoms with E-state index in [-0.39, 0.29) is 13.1 Å². The number of hydrogen-bond donors (Lipinski definition) is 3. The van der Waals surface area contributed by atoms with Crippen LogP contribution in [0.1, 0.15) is 17.4 Å². The molecule has 0 fully saturated rings. The second-order valence-corrected chi connectivity index (χ2v) is 3.94. The standard InChI is InChI=1S/C12H13F2N3O/c13-9-3-8(4-10(14)5-9)6-15-7-12(18)11-1-2-16-17-11/h1-5,12,15,18H,6-7H2,(H,16,17). The molecule has 96 valence electrons. The van der Waals surface area contributed by atoms with Crippen molar-refractivity contribution in [3.8, 4) is 0 Å². The summed E-state index contributed by atoms with van der Waals surface area (Å²) in [7, 11) is 0. The summed E-state index contributed by atoms with van der Waals surface area (Å²) in [6, 6.07) is 4.98. The number of hydrogen-bond acceptors (Lipinski definition) is 3. The maximum Gasteiger partial charge on any atom is 0.126 e. The van der Waals surface area contributed by atoms with Crippen molar-refractivity contribution in [3.63, 3.8) is 0 Å². The maximum absolute atomic E-state index is 12.9. The van der Waals surface area contributed by atoms with E-state index in [1.165, 1.54) is 12.1 Å². The van der Waals surface area contributed by atoms with Gasteiger partial charge >= 0.3 is 0 Å². The molecule has 0 saturated heterocycles. The summed E-state index contributed by atoms with van der Waals surface area (Å²) in [5.74, 6) is -1.22. The Balaban J connectivity index is 1.85. The van der Waals surface area contributed by atoms with E-state index in [0.717, 1.165) is 6.07 Å². The van der Waals surface area contributed by atoms with Crippen LogP contribution in [0.5, 0.6) is 0 Å². The van der Waals surface area contributed by atoms with Gasteiger partial charge in [0.2, 0.25) is 0 Å². The predicted molar refractivity (Wildman–Crippen MR) is 61.6 cm³/mol. The molecule has 0 spiro atoms. The first-order valence-corrected chi connectivity index (χ1v) is 5.48. The molecular weight excluding hydrogens is 240 g/mol. The topological polar surface area (TPSA) is 60.9 Å². The van der Waals surface area contributed by atoms with Gasteiger partial charge in [-0.2, -0.15) is 5.10 Å². The quantitative estimate of drug-likeness (QED) is 0.757. The number of aromatic nitrogens is 2. The molecule has 2 aromatic rings. The molecule has 18 heavy (non-hydrogen) atoms. The van der Waals surface area contributed by atoms with Gasteiger partial charge in [-0.25, -0.2) is 8.78 Å². The maximum atomic E-state index is 12.9. The molecule has 4 nitrogen and oxygen atoms in total.